The minimum absolute atomic E-state index is 0.119. The molecule has 0 bridgehead atoms. The lowest BCUT2D eigenvalue weighted by Gasteiger charge is -2.17. The number of unbranched alkanes of at least 4 members (excludes halogenated alkanes) is 8. The van der Waals surface area contributed by atoms with E-state index >= 15 is 0 Å². The highest BCUT2D eigenvalue weighted by atomic mass is 32.2. The molecule has 0 saturated carbocycles. The van der Waals surface area contributed by atoms with Gasteiger partial charge in [0.15, 0.2) is 5.78 Å². The SMILES string of the molecule is CCCCCCCC(=O)C=C[C@H]1[C@@H](O)CS[C@@H]1CCCCCCC#N. The van der Waals surface area contributed by atoms with Crippen molar-refractivity contribution in [2.45, 2.75) is 95.3 Å². The van der Waals surface area contributed by atoms with E-state index in [1.54, 1.807) is 6.08 Å². The Morgan fingerprint density at radius 3 is 2.64 bits per heavy atom. The van der Waals surface area contributed by atoms with E-state index in [1.807, 2.05) is 17.8 Å². The van der Waals surface area contributed by atoms with Crippen LogP contribution in [-0.2, 0) is 4.79 Å². The largest absolute Gasteiger partial charge is 0.392 e. The van der Waals surface area contributed by atoms with Crippen molar-refractivity contribution < 1.29 is 9.90 Å². The van der Waals surface area contributed by atoms with E-state index in [0.29, 0.717) is 18.1 Å². The summed E-state index contributed by atoms with van der Waals surface area (Å²) in [4.78, 5) is 12.0. The molecular weight excluding hydrogens is 330 g/mol. The van der Waals surface area contributed by atoms with E-state index in [2.05, 4.69) is 13.0 Å². The number of hydrogen-bond donors (Lipinski definition) is 1. The molecule has 3 atom stereocenters. The molecule has 0 spiro atoms. The third kappa shape index (κ3) is 10.1. The van der Waals surface area contributed by atoms with Crippen LogP contribution >= 0.6 is 11.8 Å². The minimum Gasteiger partial charge on any atom is -0.392 e. The summed E-state index contributed by atoms with van der Waals surface area (Å²) in [5, 5.41) is 19.2. The minimum atomic E-state index is -0.317. The van der Waals surface area contributed by atoms with Gasteiger partial charge in [0.05, 0.1) is 12.2 Å². The first-order chi connectivity index (χ1) is 12.2. The van der Waals surface area contributed by atoms with Gasteiger partial charge >= 0.3 is 0 Å². The van der Waals surface area contributed by atoms with E-state index in [1.165, 1.54) is 19.3 Å². The number of allylic oxidation sites excluding steroid dienone is 1. The van der Waals surface area contributed by atoms with Crippen molar-refractivity contribution in [1.82, 2.24) is 0 Å². The second-order valence-electron chi connectivity index (χ2n) is 7.12. The average molecular weight is 366 g/mol. The topological polar surface area (TPSA) is 61.1 Å². The summed E-state index contributed by atoms with van der Waals surface area (Å²) >= 11 is 1.84. The molecule has 1 N–H and O–H groups in total. The summed E-state index contributed by atoms with van der Waals surface area (Å²) in [5.41, 5.74) is 0. The summed E-state index contributed by atoms with van der Waals surface area (Å²) < 4.78 is 0. The van der Waals surface area contributed by atoms with Gasteiger partial charge in [0.25, 0.3) is 0 Å². The lowest BCUT2D eigenvalue weighted by atomic mass is 9.94. The van der Waals surface area contributed by atoms with Crippen molar-refractivity contribution in [3.05, 3.63) is 12.2 Å². The number of thioether (sulfide) groups is 1. The number of nitriles is 1. The van der Waals surface area contributed by atoms with Crippen LogP contribution < -0.4 is 0 Å². The van der Waals surface area contributed by atoms with Crippen molar-refractivity contribution in [2.24, 2.45) is 5.92 Å². The monoisotopic (exact) mass is 365 g/mol. The third-order valence-corrected chi connectivity index (χ3v) is 6.43. The van der Waals surface area contributed by atoms with Gasteiger partial charge in [-0.15, -0.1) is 0 Å². The maximum atomic E-state index is 12.0. The summed E-state index contributed by atoms with van der Waals surface area (Å²) in [6, 6.07) is 2.19. The second kappa shape index (κ2) is 14.4. The fourth-order valence-electron chi connectivity index (χ4n) is 3.33. The number of nitrogens with zero attached hydrogens (tertiary/aromatic N) is 1. The van der Waals surface area contributed by atoms with E-state index in [-0.39, 0.29) is 17.8 Å². The molecule has 0 aliphatic carbocycles. The molecule has 4 heteroatoms. The van der Waals surface area contributed by atoms with Gasteiger partial charge < -0.3 is 5.11 Å². The second-order valence-corrected chi connectivity index (χ2v) is 8.39. The Morgan fingerprint density at radius 2 is 1.88 bits per heavy atom. The van der Waals surface area contributed by atoms with Gasteiger partial charge in [-0.3, -0.25) is 4.79 Å². The first-order valence-electron chi connectivity index (χ1n) is 10.1. The van der Waals surface area contributed by atoms with Crippen LogP contribution in [0.3, 0.4) is 0 Å². The fourth-order valence-corrected chi connectivity index (χ4v) is 4.82. The molecule has 1 heterocycles. The number of aliphatic hydroxyl groups is 1. The standard InChI is InChI=1S/C21H35NO2S/c1-2-3-4-6-9-12-18(23)14-15-19-20(24)17-25-21(19)13-10-7-5-8-11-16-22/h14-15,19-21,24H,2-13,17H2,1H3/t19-,20-,21+/m0/s1. The highest BCUT2D eigenvalue weighted by molar-refractivity contribution is 8.00. The van der Waals surface area contributed by atoms with Gasteiger partial charge in [0.2, 0.25) is 0 Å². The molecule has 1 aliphatic rings. The number of ketones is 1. The maximum absolute atomic E-state index is 12.0. The van der Waals surface area contributed by atoms with Crippen LogP contribution in [0.4, 0.5) is 0 Å². The summed E-state index contributed by atoms with van der Waals surface area (Å²) in [6.07, 6.45) is 16.0. The van der Waals surface area contributed by atoms with Crippen LogP contribution in [0.1, 0.15) is 84.0 Å². The molecule has 142 valence electrons. The Morgan fingerprint density at radius 1 is 1.16 bits per heavy atom. The van der Waals surface area contributed by atoms with Crippen molar-refractivity contribution in [2.75, 3.05) is 5.75 Å². The average Bonchev–Trinajstić information content (AvgIpc) is 2.96. The Bertz CT molecular complexity index is 430. The van der Waals surface area contributed by atoms with E-state index in [9.17, 15) is 9.90 Å². The number of rotatable bonds is 14. The lowest BCUT2D eigenvalue weighted by Crippen LogP contribution is -2.21. The zero-order chi connectivity index (χ0) is 18.3. The molecular formula is C21H35NO2S. The van der Waals surface area contributed by atoms with Crippen LogP contribution in [0.5, 0.6) is 0 Å². The smallest absolute Gasteiger partial charge is 0.155 e. The molecule has 1 aliphatic heterocycles. The first-order valence-corrected chi connectivity index (χ1v) is 11.1. The van der Waals surface area contributed by atoms with Crippen molar-refractivity contribution in [3.8, 4) is 6.07 Å². The summed E-state index contributed by atoms with van der Waals surface area (Å²) in [6.45, 7) is 2.20. The Hall–Kier alpha value is -0.790. The molecule has 0 amide bonds. The summed E-state index contributed by atoms with van der Waals surface area (Å²) in [7, 11) is 0. The zero-order valence-electron chi connectivity index (χ0n) is 15.8. The van der Waals surface area contributed by atoms with Gasteiger partial charge in [-0.25, -0.2) is 0 Å². The van der Waals surface area contributed by atoms with Gasteiger partial charge in [0.1, 0.15) is 0 Å². The van der Waals surface area contributed by atoms with Gasteiger partial charge in [-0.05, 0) is 25.3 Å². The van der Waals surface area contributed by atoms with Crippen molar-refractivity contribution >= 4 is 17.5 Å². The molecule has 0 aromatic carbocycles. The van der Waals surface area contributed by atoms with Crippen LogP contribution in [0.15, 0.2) is 12.2 Å². The van der Waals surface area contributed by atoms with Crippen LogP contribution in [0.2, 0.25) is 0 Å². The number of carbonyl (C=O) groups is 1. The Balaban J connectivity index is 2.25. The van der Waals surface area contributed by atoms with Gasteiger partial charge in [-0.2, -0.15) is 17.0 Å². The first kappa shape index (κ1) is 22.3. The molecule has 3 nitrogen and oxygen atoms in total. The predicted octanol–water partition coefficient (Wildman–Crippen LogP) is 5.43. The fraction of sp³-hybridized carbons (Fsp3) is 0.810. The van der Waals surface area contributed by atoms with Crippen LogP contribution in [0, 0.1) is 17.2 Å². The van der Waals surface area contributed by atoms with E-state index in [4.69, 9.17) is 5.26 Å². The normalized spacial score (nSPS) is 23.2. The molecule has 1 fully saturated rings. The molecule has 1 rings (SSSR count). The number of carbonyl (C=O) groups excluding carboxylic acids is 1. The van der Waals surface area contributed by atoms with Gasteiger partial charge in [0, 0.05) is 29.8 Å². The lowest BCUT2D eigenvalue weighted by molar-refractivity contribution is -0.114. The van der Waals surface area contributed by atoms with E-state index in [0.717, 1.165) is 50.7 Å². The molecule has 1 saturated heterocycles. The molecule has 0 aromatic rings. The molecule has 0 unspecified atom stereocenters. The third-order valence-electron chi connectivity index (χ3n) is 4.91. The van der Waals surface area contributed by atoms with Crippen molar-refractivity contribution in [1.29, 1.82) is 5.26 Å². The van der Waals surface area contributed by atoms with Crippen LogP contribution in [0.25, 0.3) is 0 Å². The molecule has 0 radical (unpaired) electrons. The van der Waals surface area contributed by atoms with Crippen LogP contribution in [-0.4, -0.2) is 28.0 Å². The Kier molecular flexibility index (Phi) is 12.8. The maximum Gasteiger partial charge on any atom is 0.155 e. The van der Waals surface area contributed by atoms with Crippen molar-refractivity contribution in [3.63, 3.8) is 0 Å². The Labute approximate surface area is 158 Å². The molecule has 25 heavy (non-hydrogen) atoms. The number of hydrogen-bond acceptors (Lipinski definition) is 4. The number of aliphatic hydroxyl groups excluding tert-OH is 1. The summed E-state index contributed by atoms with van der Waals surface area (Å²) in [5.74, 6) is 1.10. The van der Waals surface area contributed by atoms with E-state index < -0.39 is 0 Å². The highest BCUT2D eigenvalue weighted by Gasteiger charge is 2.33. The quantitative estimate of drug-likeness (QED) is 0.329. The molecule has 0 aromatic heterocycles. The predicted molar refractivity (Wildman–Crippen MR) is 107 cm³/mol. The zero-order valence-corrected chi connectivity index (χ0v) is 16.6. The highest BCUT2D eigenvalue weighted by Crippen LogP contribution is 2.37. The van der Waals surface area contributed by atoms with Gasteiger partial charge in [-0.1, -0.05) is 57.9 Å².